The molecule has 2 rings (SSSR count). The van der Waals surface area contributed by atoms with E-state index in [1.807, 2.05) is 6.92 Å². The molecule has 0 heterocycles. The minimum atomic E-state index is 0.475. The van der Waals surface area contributed by atoms with Gasteiger partial charge in [0.25, 0.3) is 0 Å². The molecule has 0 fully saturated rings. The van der Waals surface area contributed by atoms with Gasteiger partial charge in [-0.1, -0.05) is 13.0 Å². The van der Waals surface area contributed by atoms with Crippen LogP contribution < -0.4 is 10.1 Å². The van der Waals surface area contributed by atoms with E-state index >= 15 is 0 Å². The number of aryl methyl sites for hydroxylation is 1. The van der Waals surface area contributed by atoms with Crippen molar-refractivity contribution in [3.05, 3.63) is 29.3 Å². The molecule has 0 radical (unpaired) electrons. The van der Waals surface area contributed by atoms with Crippen LogP contribution in [-0.2, 0) is 6.42 Å². The summed E-state index contributed by atoms with van der Waals surface area (Å²) in [7, 11) is 2.06. The van der Waals surface area contributed by atoms with Gasteiger partial charge in [0, 0.05) is 6.04 Å². The van der Waals surface area contributed by atoms with Gasteiger partial charge < -0.3 is 10.1 Å². The standard InChI is InChI=1S/C15H23NO/c1-4-17-13-8-7-12-6-5-11(2)9-15(16-3)14(12)10-13/h7-8,10-11,15-16H,4-6,9H2,1-3H3. The zero-order chi connectivity index (χ0) is 12.3. The second kappa shape index (κ2) is 5.54. The van der Waals surface area contributed by atoms with Crippen molar-refractivity contribution in [1.82, 2.24) is 5.32 Å². The van der Waals surface area contributed by atoms with E-state index in [2.05, 4.69) is 37.5 Å². The first-order valence-electron chi connectivity index (χ1n) is 6.67. The first-order chi connectivity index (χ1) is 8.24. The summed E-state index contributed by atoms with van der Waals surface area (Å²) in [5, 5.41) is 3.44. The Balaban J connectivity index is 2.32. The molecule has 0 aliphatic heterocycles. The van der Waals surface area contributed by atoms with Crippen LogP contribution in [0.3, 0.4) is 0 Å². The lowest BCUT2D eigenvalue weighted by molar-refractivity contribution is 0.339. The van der Waals surface area contributed by atoms with Gasteiger partial charge in [-0.25, -0.2) is 0 Å². The molecule has 0 saturated heterocycles. The van der Waals surface area contributed by atoms with Crippen LogP contribution in [0.5, 0.6) is 5.75 Å². The van der Waals surface area contributed by atoms with Gasteiger partial charge in [0.2, 0.25) is 0 Å². The third-order valence-electron chi connectivity index (χ3n) is 3.70. The molecule has 17 heavy (non-hydrogen) atoms. The summed E-state index contributed by atoms with van der Waals surface area (Å²) in [5.74, 6) is 1.79. The highest BCUT2D eigenvalue weighted by atomic mass is 16.5. The third-order valence-corrected chi connectivity index (χ3v) is 3.70. The number of fused-ring (bicyclic) bond motifs is 1. The minimum absolute atomic E-state index is 0.475. The highest BCUT2D eigenvalue weighted by Crippen LogP contribution is 2.33. The van der Waals surface area contributed by atoms with Gasteiger partial charge in [-0.05, 0) is 62.4 Å². The maximum atomic E-state index is 5.60. The van der Waals surface area contributed by atoms with Crippen molar-refractivity contribution in [3.8, 4) is 5.75 Å². The quantitative estimate of drug-likeness (QED) is 0.809. The third kappa shape index (κ3) is 2.81. The second-order valence-electron chi connectivity index (χ2n) is 5.01. The molecule has 94 valence electrons. The Hall–Kier alpha value is -1.02. The average molecular weight is 233 g/mol. The van der Waals surface area contributed by atoms with E-state index in [1.165, 1.54) is 30.4 Å². The number of hydrogen-bond donors (Lipinski definition) is 1. The van der Waals surface area contributed by atoms with E-state index in [0.717, 1.165) is 18.3 Å². The van der Waals surface area contributed by atoms with Gasteiger partial charge in [0.15, 0.2) is 0 Å². The van der Waals surface area contributed by atoms with Gasteiger partial charge in [-0.2, -0.15) is 0 Å². The Morgan fingerprint density at radius 3 is 2.94 bits per heavy atom. The summed E-state index contributed by atoms with van der Waals surface area (Å²) >= 11 is 0. The summed E-state index contributed by atoms with van der Waals surface area (Å²) in [6.45, 7) is 5.11. The molecule has 1 N–H and O–H groups in total. The van der Waals surface area contributed by atoms with Crippen LogP contribution in [-0.4, -0.2) is 13.7 Å². The molecule has 0 bridgehead atoms. The van der Waals surface area contributed by atoms with Crippen LogP contribution in [0.25, 0.3) is 0 Å². The van der Waals surface area contributed by atoms with E-state index in [-0.39, 0.29) is 0 Å². The molecule has 1 aromatic carbocycles. The number of hydrogen-bond acceptors (Lipinski definition) is 2. The summed E-state index contributed by atoms with van der Waals surface area (Å²) in [6, 6.07) is 7.04. The minimum Gasteiger partial charge on any atom is -0.494 e. The Morgan fingerprint density at radius 2 is 2.24 bits per heavy atom. The first-order valence-corrected chi connectivity index (χ1v) is 6.67. The molecular weight excluding hydrogens is 210 g/mol. The topological polar surface area (TPSA) is 21.3 Å². The predicted molar refractivity (Wildman–Crippen MR) is 71.5 cm³/mol. The summed E-state index contributed by atoms with van der Waals surface area (Å²) in [5.41, 5.74) is 2.92. The number of rotatable bonds is 3. The van der Waals surface area contributed by atoms with E-state index in [1.54, 1.807) is 0 Å². The highest BCUT2D eigenvalue weighted by Gasteiger charge is 2.21. The van der Waals surface area contributed by atoms with Gasteiger partial charge in [0.05, 0.1) is 6.61 Å². The molecule has 1 aromatic rings. The van der Waals surface area contributed by atoms with Gasteiger partial charge >= 0.3 is 0 Å². The largest absolute Gasteiger partial charge is 0.494 e. The van der Waals surface area contributed by atoms with Crippen molar-refractivity contribution >= 4 is 0 Å². The van der Waals surface area contributed by atoms with Crippen molar-refractivity contribution in [2.24, 2.45) is 5.92 Å². The molecule has 2 nitrogen and oxygen atoms in total. The van der Waals surface area contributed by atoms with E-state index in [4.69, 9.17) is 4.74 Å². The second-order valence-corrected chi connectivity index (χ2v) is 5.01. The SMILES string of the molecule is CCOc1ccc2c(c1)C(NC)CC(C)CC2. The zero-order valence-corrected chi connectivity index (χ0v) is 11.1. The lowest BCUT2D eigenvalue weighted by Crippen LogP contribution is -2.18. The highest BCUT2D eigenvalue weighted by molar-refractivity contribution is 5.38. The van der Waals surface area contributed by atoms with E-state index in [0.29, 0.717) is 6.04 Å². The fourth-order valence-electron chi connectivity index (χ4n) is 2.70. The van der Waals surface area contributed by atoms with Crippen LogP contribution in [0.1, 0.15) is 43.9 Å². The Bertz CT molecular complexity index is 375. The summed E-state index contributed by atoms with van der Waals surface area (Å²) in [6.07, 6.45) is 3.71. The van der Waals surface area contributed by atoms with Crippen molar-refractivity contribution in [2.75, 3.05) is 13.7 Å². The Labute approximate surface area is 104 Å². The Morgan fingerprint density at radius 1 is 1.41 bits per heavy atom. The Kier molecular flexibility index (Phi) is 4.06. The maximum Gasteiger partial charge on any atom is 0.119 e. The average Bonchev–Trinajstić information content (AvgIpc) is 2.49. The van der Waals surface area contributed by atoms with Crippen molar-refractivity contribution in [1.29, 1.82) is 0 Å². The molecule has 0 saturated carbocycles. The molecule has 0 aromatic heterocycles. The zero-order valence-electron chi connectivity index (χ0n) is 11.1. The predicted octanol–water partition coefficient (Wildman–Crippen LogP) is 3.32. The number of nitrogens with one attached hydrogen (secondary N) is 1. The molecule has 1 aliphatic rings. The van der Waals surface area contributed by atoms with Crippen molar-refractivity contribution in [3.63, 3.8) is 0 Å². The molecule has 0 amide bonds. The normalized spacial score (nSPS) is 23.9. The molecule has 1 aliphatic carbocycles. The lowest BCUT2D eigenvalue weighted by Gasteiger charge is -2.19. The summed E-state index contributed by atoms with van der Waals surface area (Å²) < 4.78 is 5.60. The smallest absolute Gasteiger partial charge is 0.119 e. The molecule has 0 spiro atoms. The van der Waals surface area contributed by atoms with Crippen LogP contribution >= 0.6 is 0 Å². The maximum absolute atomic E-state index is 5.60. The molecule has 2 heteroatoms. The van der Waals surface area contributed by atoms with Crippen LogP contribution in [0.2, 0.25) is 0 Å². The number of ether oxygens (including phenoxy) is 1. The lowest BCUT2D eigenvalue weighted by atomic mass is 9.97. The van der Waals surface area contributed by atoms with E-state index < -0.39 is 0 Å². The molecule has 2 atom stereocenters. The van der Waals surface area contributed by atoms with Crippen molar-refractivity contribution in [2.45, 2.75) is 39.2 Å². The fourth-order valence-corrected chi connectivity index (χ4v) is 2.70. The fraction of sp³-hybridized carbons (Fsp3) is 0.600. The van der Waals surface area contributed by atoms with Crippen molar-refractivity contribution < 1.29 is 4.74 Å². The molecular formula is C15H23NO. The van der Waals surface area contributed by atoms with Gasteiger partial charge in [-0.15, -0.1) is 0 Å². The van der Waals surface area contributed by atoms with Crippen LogP contribution in [0.4, 0.5) is 0 Å². The summed E-state index contributed by atoms with van der Waals surface area (Å²) in [4.78, 5) is 0. The van der Waals surface area contributed by atoms with Gasteiger partial charge in [-0.3, -0.25) is 0 Å². The first kappa shape index (κ1) is 12.4. The van der Waals surface area contributed by atoms with Crippen LogP contribution in [0, 0.1) is 5.92 Å². The van der Waals surface area contributed by atoms with E-state index in [9.17, 15) is 0 Å². The number of benzene rings is 1. The monoisotopic (exact) mass is 233 g/mol. The molecule has 2 unspecified atom stereocenters. The van der Waals surface area contributed by atoms with Crippen LogP contribution in [0.15, 0.2) is 18.2 Å². The van der Waals surface area contributed by atoms with Gasteiger partial charge in [0.1, 0.15) is 5.75 Å².